The number of benzene rings is 1. The van der Waals surface area contributed by atoms with Gasteiger partial charge >= 0.3 is 0 Å². The van der Waals surface area contributed by atoms with Crippen LogP contribution in [-0.4, -0.2) is 33.3 Å². The van der Waals surface area contributed by atoms with Crippen molar-refractivity contribution in [1.29, 1.82) is 5.26 Å². The molecule has 2 aromatic heterocycles. The van der Waals surface area contributed by atoms with Gasteiger partial charge in [0, 0.05) is 37.0 Å². The molecule has 0 bridgehead atoms. The number of nitrogens with zero attached hydrogens (tertiary/aromatic N) is 4. The number of amides is 1. The summed E-state index contributed by atoms with van der Waals surface area (Å²) < 4.78 is 1.90. The highest BCUT2D eigenvalue weighted by Crippen LogP contribution is 2.21. The lowest BCUT2D eigenvalue weighted by Crippen LogP contribution is -2.38. The zero-order valence-electron chi connectivity index (χ0n) is 13.8. The normalized spacial score (nSPS) is 15.2. The average molecular weight is 330 g/mol. The van der Waals surface area contributed by atoms with Crippen LogP contribution in [0.15, 0.2) is 54.9 Å². The molecule has 0 unspecified atom stereocenters. The highest BCUT2D eigenvalue weighted by molar-refractivity contribution is 5.94. The maximum atomic E-state index is 12.7. The Hall–Kier alpha value is -3.13. The monoisotopic (exact) mass is 330 g/mol. The summed E-state index contributed by atoms with van der Waals surface area (Å²) in [5.74, 6) is 0.0989. The molecule has 0 spiro atoms. The summed E-state index contributed by atoms with van der Waals surface area (Å²) in [7, 11) is 0. The van der Waals surface area contributed by atoms with Crippen LogP contribution in [0.5, 0.6) is 0 Å². The summed E-state index contributed by atoms with van der Waals surface area (Å²) in [5, 5.41) is 8.98. The Morgan fingerprint density at radius 1 is 1.08 bits per heavy atom. The fraction of sp³-hybridized carbons (Fsp3) is 0.250. The molecule has 124 valence electrons. The van der Waals surface area contributed by atoms with E-state index in [1.807, 2.05) is 64.2 Å². The molecule has 3 heterocycles. The summed E-state index contributed by atoms with van der Waals surface area (Å²) in [5.41, 5.74) is 3.41. The number of likely N-dealkylation sites (tertiary alicyclic amines) is 1. The van der Waals surface area contributed by atoms with Gasteiger partial charge in [-0.3, -0.25) is 4.79 Å². The van der Waals surface area contributed by atoms with E-state index < -0.39 is 0 Å². The van der Waals surface area contributed by atoms with Crippen molar-refractivity contribution in [2.24, 2.45) is 5.92 Å². The second kappa shape index (κ2) is 6.40. The maximum absolute atomic E-state index is 12.7. The van der Waals surface area contributed by atoms with Gasteiger partial charge in [0.05, 0.1) is 17.3 Å². The van der Waals surface area contributed by atoms with Crippen molar-refractivity contribution in [2.45, 2.75) is 12.8 Å². The van der Waals surface area contributed by atoms with Crippen molar-refractivity contribution in [3.05, 3.63) is 60.4 Å². The third-order valence-electron chi connectivity index (χ3n) is 4.73. The van der Waals surface area contributed by atoms with Crippen LogP contribution in [0.2, 0.25) is 0 Å². The first kappa shape index (κ1) is 15.4. The van der Waals surface area contributed by atoms with Crippen LogP contribution in [0.25, 0.3) is 16.9 Å². The predicted molar refractivity (Wildman–Crippen MR) is 94.9 cm³/mol. The van der Waals surface area contributed by atoms with E-state index in [1.165, 1.54) is 0 Å². The van der Waals surface area contributed by atoms with E-state index in [9.17, 15) is 4.79 Å². The first-order chi connectivity index (χ1) is 12.2. The first-order valence-corrected chi connectivity index (χ1v) is 8.47. The Bertz CT molecular complexity index is 947. The fourth-order valence-corrected chi connectivity index (χ4v) is 3.26. The van der Waals surface area contributed by atoms with E-state index in [2.05, 4.69) is 11.1 Å². The van der Waals surface area contributed by atoms with Gasteiger partial charge in [-0.25, -0.2) is 4.98 Å². The summed E-state index contributed by atoms with van der Waals surface area (Å²) in [6.07, 6.45) is 5.30. The Morgan fingerprint density at radius 2 is 1.84 bits per heavy atom. The number of carbonyl (C=O) groups excluding carboxylic acids is 1. The molecule has 0 atom stereocenters. The Balaban J connectivity index is 1.59. The van der Waals surface area contributed by atoms with Crippen molar-refractivity contribution in [2.75, 3.05) is 13.1 Å². The second-order valence-electron chi connectivity index (χ2n) is 6.37. The summed E-state index contributed by atoms with van der Waals surface area (Å²) in [4.78, 5) is 19.2. The average Bonchev–Trinajstić information content (AvgIpc) is 3.11. The highest BCUT2D eigenvalue weighted by atomic mass is 16.2. The second-order valence-corrected chi connectivity index (χ2v) is 6.37. The SMILES string of the molecule is N#CC1CCN(C(=O)c2ccc3nc(-c4ccccc4)cn3c2)CC1. The molecule has 1 amide bonds. The molecule has 5 heteroatoms. The highest BCUT2D eigenvalue weighted by Gasteiger charge is 2.23. The van der Waals surface area contributed by atoms with Gasteiger partial charge in [0.25, 0.3) is 5.91 Å². The third-order valence-corrected chi connectivity index (χ3v) is 4.73. The van der Waals surface area contributed by atoms with E-state index in [4.69, 9.17) is 5.26 Å². The number of fused-ring (bicyclic) bond motifs is 1. The van der Waals surface area contributed by atoms with Crippen LogP contribution in [0.3, 0.4) is 0 Å². The number of hydrogen-bond donors (Lipinski definition) is 0. The van der Waals surface area contributed by atoms with E-state index in [-0.39, 0.29) is 11.8 Å². The number of hydrogen-bond acceptors (Lipinski definition) is 3. The number of carbonyl (C=O) groups is 1. The lowest BCUT2D eigenvalue weighted by Gasteiger charge is -2.29. The van der Waals surface area contributed by atoms with Gasteiger partial charge in [0.2, 0.25) is 0 Å². The molecule has 0 aliphatic carbocycles. The Morgan fingerprint density at radius 3 is 2.56 bits per heavy atom. The van der Waals surface area contributed by atoms with Gasteiger partial charge in [0.1, 0.15) is 5.65 Å². The summed E-state index contributed by atoms with van der Waals surface area (Å²) in [6, 6.07) is 16.0. The lowest BCUT2D eigenvalue weighted by molar-refractivity contribution is 0.0707. The molecule has 3 aromatic rings. The molecule has 0 radical (unpaired) electrons. The molecule has 0 saturated carbocycles. The van der Waals surface area contributed by atoms with E-state index in [1.54, 1.807) is 0 Å². The van der Waals surface area contributed by atoms with E-state index >= 15 is 0 Å². The molecule has 4 rings (SSSR count). The number of aromatic nitrogens is 2. The third kappa shape index (κ3) is 2.99. The van der Waals surface area contributed by atoms with Crippen LogP contribution >= 0.6 is 0 Å². The van der Waals surface area contributed by atoms with Crippen molar-refractivity contribution in [3.8, 4) is 17.3 Å². The number of piperidine rings is 1. The standard InChI is InChI=1S/C20H18N4O/c21-12-15-8-10-23(11-9-15)20(25)17-6-7-19-22-18(14-24(19)13-17)16-4-2-1-3-5-16/h1-7,13-15H,8-11H2. The van der Waals surface area contributed by atoms with Gasteiger partial charge in [0.15, 0.2) is 0 Å². The van der Waals surface area contributed by atoms with E-state index in [0.29, 0.717) is 18.7 Å². The molecule has 1 aliphatic heterocycles. The maximum Gasteiger partial charge on any atom is 0.255 e. The van der Waals surface area contributed by atoms with Crippen LogP contribution in [0.1, 0.15) is 23.2 Å². The van der Waals surface area contributed by atoms with Gasteiger partial charge < -0.3 is 9.30 Å². The van der Waals surface area contributed by atoms with Crippen LogP contribution in [0, 0.1) is 17.2 Å². The molecular formula is C20H18N4O. The van der Waals surface area contributed by atoms with Gasteiger partial charge in [-0.1, -0.05) is 30.3 Å². The number of pyridine rings is 1. The molecule has 1 fully saturated rings. The lowest BCUT2D eigenvalue weighted by atomic mass is 9.98. The quantitative estimate of drug-likeness (QED) is 0.724. The van der Waals surface area contributed by atoms with Gasteiger partial charge in [-0.05, 0) is 25.0 Å². The van der Waals surface area contributed by atoms with Crippen molar-refractivity contribution >= 4 is 11.6 Å². The summed E-state index contributed by atoms with van der Waals surface area (Å²) in [6.45, 7) is 1.29. The minimum Gasteiger partial charge on any atom is -0.339 e. The van der Waals surface area contributed by atoms with Crippen molar-refractivity contribution in [1.82, 2.24) is 14.3 Å². The van der Waals surface area contributed by atoms with Gasteiger partial charge in [-0.2, -0.15) is 5.26 Å². The largest absolute Gasteiger partial charge is 0.339 e. The molecule has 0 N–H and O–H groups in total. The van der Waals surface area contributed by atoms with Gasteiger partial charge in [-0.15, -0.1) is 0 Å². The zero-order chi connectivity index (χ0) is 17.2. The topological polar surface area (TPSA) is 61.4 Å². The minimum atomic E-state index is 0.0215. The number of imidazole rings is 1. The minimum absolute atomic E-state index is 0.0215. The number of rotatable bonds is 2. The molecule has 1 aromatic carbocycles. The summed E-state index contributed by atoms with van der Waals surface area (Å²) >= 11 is 0. The fourth-order valence-electron chi connectivity index (χ4n) is 3.26. The molecular weight excluding hydrogens is 312 g/mol. The molecule has 5 nitrogen and oxygen atoms in total. The molecule has 1 saturated heterocycles. The number of nitriles is 1. The van der Waals surface area contributed by atoms with Crippen molar-refractivity contribution < 1.29 is 4.79 Å². The molecule has 1 aliphatic rings. The Kier molecular flexibility index (Phi) is 3.95. The van der Waals surface area contributed by atoms with Crippen molar-refractivity contribution in [3.63, 3.8) is 0 Å². The Labute approximate surface area is 146 Å². The van der Waals surface area contributed by atoms with E-state index in [0.717, 1.165) is 29.7 Å². The van der Waals surface area contributed by atoms with Crippen LogP contribution in [0.4, 0.5) is 0 Å². The van der Waals surface area contributed by atoms with Crippen LogP contribution < -0.4 is 0 Å². The van der Waals surface area contributed by atoms with Crippen LogP contribution in [-0.2, 0) is 0 Å². The first-order valence-electron chi connectivity index (χ1n) is 8.47. The smallest absolute Gasteiger partial charge is 0.255 e. The molecule has 25 heavy (non-hydrogen) atoms. The predicted octanol–water partition coefficient (Wildman–Crippen LogP) is 3.38. The zero-order valence-corrected chi connectivity index (χ0v) is 13.8.